The summed E-state index contributed by atoms with van der Waals surface area (Å²) in [7, 11) is 0. The zero-order valence-electron chi connectivity index (χ0n) is 11.6. The molecule has 1 amide bonds. The maximum absolute atomic E-state index is 12.0. The van der Waals surface area contributed by atoms with Crippen LogP contribution in [0.25, 0.3) is 0 Å². The maximum Gasteiger partial charge on any atom is 0.329 e. The molecule has 1 heterocycles. The van der Waals surface area contributed by atoms with E-state index in [9.17, 15) is 9.59 Å². The highest BCUT2D eigenvalue weighted by molar-refractivity contribution is 6.02. The lowest BCUT2D eigenvalue weighted by atomic mass is 10.1. The Bertz CT molecular complexity index is 490. The summed E-state index contributed by atoms with van der Waals surface area (Å²) in [6, 6.07) is 5.43. The predicted molar refractivity (Wildman–Crippen MR) is 73.1 cm³/mol. The van der Waals surface area contributed by atoms with Gasteiger partial charge in [-0.15, -0.1) is 0 Å². The summed E-state index contributed by atoms with van der Waals surface area (Å²) in [5.74, 6) is -0.324. The van der Waals surface area contributed by atoms with Crippen LogP contribution in [0.2, 0.25) is 0 Å². The number of carbonyl (C=O) groups excluding carboxylic acids is 2. The first-order chi connectivity index (χ1) is 9.02. The number of rotatable bonds is 3. The standard InChI is InChI=1S/C15H19NO3/c1-4-19-15(18)13-5-6-14(17)16(13)12-8-10(2)7-11(3)9-12/h7-9,13H,4-6H2,1-3H3. The van der Waals surface area contributed by atoms with Crippen LogP contribution in [0.4, 0.5) is 5.69 Å². The molecule has 1 aliphatic heterocycles. The molecule has 1 atom stereocenters. The van der Waals surface area contributed by atoms with E-state index in [1.54, 1.807) is 11.8 Å². The molecule has 102 valence electrons. The van der Waals surface area contributed by atoms with Gasteiger partial charge in [-0.1, -0.05) is 6.07 Å². The van der Waals surface area contributed by atoms with Crippen molar-refractivity contribution in [3.05, 3.63) is 29.3 Å². The molecule has 1 aromatic rings. The van der Waals surface area contributed by atoms with Crippen LogP contribution in [0.5, 0.6) is 0 Å². The summed E-state index contributed by atoms with van der Waals surface area (Å²) in [6.45, 7) is 6.08. The number of carbonyl (C=O) groups is 2. The van der Waals surface area contributed by atoms with Crippen LogP contribution in [0.3, 0.4) is 0 Å². The lowest BCUT2D eigenvalue weighted by Crippen LogP contribution is -2.39. The number of aryl methyl sites for hydroxylation is 2. The molecule has 1 aliphatic rings. The number of hydrogen-bond acceptors (Lipinski definition) is 3. The quantitative estimate of drug-likeness (QED) is 0.785. The van der Waals surface area contributed by atoms with E-state index in [-0.39, 0.29) is 11.9 Å². The normalized spacial score (nSPS) is 18.8. The largest absolute Gasteiger partial charge is 0.464 e. The molecule has 0 radical (unpaired) electrons. The Morgan fingerprint density at radius 3 is 2.53 bits per heavy atom. The first kappa shape index (κ1) is 13.6. The molecule has 0 aliphatic carbocycles. The zero-order valence-corrected chi connectivity index (χ0v) is 11.6. The fourth-order valence-corrected chi connectivity index (χ4v) is 2.56. The van der Waals surface area contributed by atoms with Crippen LogP contribution in [0.15, 0.2) is 18.2 Å². The number of esters is 1. The fourth-order valence-electron chi connectivity index (χ4n) is 2.56. The number of ether oxygens (including phenoxy) is 1. The summed E-state index contributed by atoms with van der Waals surface area (Å²) in [5.41, 5.74) is 2.95. The van der Waals surface area contributed by atoms with Gasteiger partial charge >= 0.3 is 5.97 Å². The molecule has 19 heavy (non-hydrogen) atoms. The Balaban J connectivity index is 2.33. The van der Waals surface area contributed by atoms with E-state index < -0.39 is 6.04 Å². The van der Waals surface area contributed by atoms with E-state index in [1.165, 1.54) is 0 Å². The third kappa shape index (κ3) is 2.78. The molecule has 4 nitrogen and oxygen atoms in total. The van der Waals surface area contributed by atoms with Crippen LogP contribution in [0, 0.1) is 13.8 Å². The molecular weight excluding hydrogens is 242 g/mol. The minimum atomic E-state index is -0.478. The number of amides is 1. The summed E-state index contributed by atoms with van der Waals surface area (Å²) in [5, 5.41) is 0. The van der Waals surface area contributed by atoms with Gasteiger partial charge in [-0.2, -0.15) is 0 Å². The molecule has 0 aromatic heterocycles. The lowest BCUT2D eigenvalue weighted by molar-refractivity contribution is -0.144. The molecule has 1 aromatic carbocycles. The second-order valence-electron chi connectivity index (χ2n) is 4.92. The second-order valence-corrected chi connectivity index (χ2v) is 4.92. The van der Waals surface area contributed by atoms with Crippen molar-refractivity contribution in [2.45, 2.75) is 39.7 Å². The van der Waals surface area contributed by atoms with Gasteiger partial charge in [-0.25, -0.2) is 4.79 Å². The van der Waals surface area contributed by atoms with Gasteiger partial charge < -0.3 is 4.74 Å². The van der Waals surface area contributed by atoms with E-state index in [2.05, 4.69) is 0 Å². The molecule has 1 fully saturated rings. The number of benzene rings is 1. The Morgan fingerprint density at radius 2 is 1.95 bits per heavy atom. The van der Waals surface area contributed by atoms with Crippen LogP contribution >= 0.6 is 0 Å². The number of anilines is 1. The van der Waals surface area contributed by atoms with Crippen molar-refractivity contribution in [2.75, 3.05) is 11.5 Å². The van der Waals surface area contributed by atoms with E-state index in [1.807, 2.05) is 32.0 Å². The average molecular weight is 261 g/mol. The van der Waals surface area contributed by atoms with E-state index >= 15 is 0 Å². The van der Waals surface area contributed by atoms with Crippen LogP contribution in [0.1, 0.15) is 30.9 Å². The number of nitrogens with zero attached hydrogens (tertiary/aromatic N) is 1. The molecular formula is C15H19NO3. The minimum absolute atomic E-state index is 0.0111. The van der Waals surface area contributed by atoms with Crippen molar-refractivity contribution >= 4 is 17.6 Å². The summed E-state index contributed by atoms with van der Waals surface area (Å²) in [6.07, 6.45) is 0.932. The van der Waals surface area contributed by atoms with Gasteiger partial charge in [0, 0.05) is 12.1 Å². The van der Waals surface area contributed by atoms with Crippen molar-refractivity contribution in [3.63, 3.8) is 0 Å². The first-order valence-electron chi connectivity index (χ1n) is 6.60. The smallest absolute Gasteiger partial charge is 0.329 e. The Hall–Kier alpha value is -1.84. The Kier molecular flexibility index (Phi) is 3.88. The third-order valence-electron chi connectivity index (χ3n) is 3.26. The zero-order chi connectivity index (χ0) is 14.0. The molecule has 4 heteroatoms. The van der Waals surface area contributed by atoms with Crippen molar-refractivity contribution < 1.29 is 14.3 Å². The first-order valence-corrected chi connectivity index (χ1v) is 6.60. The molecule has 0 saturated carbocycles. The van der Waals surface area contributed by atoms with Crippen molar-refractivity contribution in [1.82, 2.24) is 0 Å². The molecule has 1 unspecified atom stereocenters. The van der Waals surface area contributed by atoms with E-state index in [0.717, 1.165) is 16.8 Å². The summed E-state index contributed by atoms with van der Waals surface area (Å²) >= 11 is 0. The maximum atomic E-state index is 12.0. The van der Waals surface area contributed by atoms with Crippen LogP contribution in [-0.2, 0) is 14.3 Å². The highest BCUT2D eigenvalue weighted by Gasteiger charge is 2.38. The average Bonchev–Trinajstić information content (AvgIpc) is 2.70. The van der Waals surface area contributed by atoms with Gasteiger partial charge in [0.15, 0.2) is 0 Å². The molecule has 2 rings (SSSR count). The van der Waals surface area contributed by atoms with E-state index in [4.69, 9.17) is 4.74 Å². The summed E-state index contributed by atoms with van der Waals surface area (Å²) in [4.78, 5) is 25.5. The van der Waals surface area contributed by atoms with Crippen molar-refractivity contribution in [1.29, 1.82) is 0 Å². The number of hydrogen-bond donors (Lipinski definition) is 0. The lowest BCUT2D eigenvalue weighted by Gasteiger charge is -2.24. The minimum Gasteiger partial charge on any atom is -0.464 e. The Morgan fingerprint density at radius 1 is 1.32 bits per heavy atom. The summed E-state index contributed by atoms with van der Waals surface area (Å²) < 4.78 is 5.05. The Labute approximate surface area is 113 Å². The topological polar surface area (TPSA) is 46.6 Å². The van der Waals surface area contributed by atoms with Gasteiger partial charge in [-0.3, -0.25) is 9.69 Å². The highest BCUT2D eigenvalue weighted by atomic mass is 16.5. The van der Waals surface area contributed by atoms with Gasteiger partial charge in [0.2, 0.25) is 5.91 Å². The van der Waals surface area contributed by atoms with Gasteiger partial charge in [0.1, 0.15) is 6.04 Å². The van der Waals surface area contributed by atoms with Gasteiger partial charge in [0.05, 0.1) is 6.61 Å². The van der Waals surface area contributed by atoms with E-state index in [0.29, 0.717) is 19.4 Å². The van der Waals surface area contributed by atoms with Crippen LogP contribution in [-0.4, -0.2) is 24.5 Å². The van der Waals surface area contributed by atoms with Crippen LogP contribution < -0.4 is 4.90 Å². The monoisotopic (exact) mass is 261 g/mol. The third-order valence-corrected chi connectivity index (χ3v) is 3.26. The molecule has 0 bridgehead atoms. The van der Waals surface area contributed by atoms with Gasteiger partial charge in [0.25, 0.3) is 0 Å². The SMILES string of the molecule is CCOC(=O)C1CCC(=O)N1c1cc(C)cc(C)c1. The molecule has 0 N–H and O–H groups in total. The van der Waals surface area contributed by atoms with Gasteiger partial charge in [-0.05, 0) is 50.5 Å². The molecule has 1 saturated heterocycles. The second kappa shape index (κ2) is 5.43. The fraction of sp³-hybridized carbons (Fsp3) is 0.467. The highest BCUT2D eigenvalue weighted by Crippen LogP contribution is 2.29. The predicted octanol–water partition coefficient (Wildman–Crippen LogP) is 2.36. The molecule has 0 spiro atoms. The van der Waals surface area contributed by atoms with Crippen molar-refractivity contribution in [3.8, 4) is 0 Å². The van der Waals surface area contributed by atoms with Crippen molar-refractivity contribution in [2.24, 2.45) is 0 Å².